The van der Waals surface area contributed by atoms with E-state index in [0.29, 0.717) is 12.2 Å². The Morgan fingerprint density at radius 3 is 2.21 bits per heavy atom. The lowest BCUT2D eigenvalue weighted by molar-refractivity contribution is -0.139. The Bertz CT molecular complexity index is 971. The highest BCUT2D eigenvalue weighted by Crippen LogP contribution is 2.21. The Labute approximate surface area is 167 Å². The van der Waals surface area contributed by atoms with Crippen molar-refractivity contribution < 1.29 is 14.7 Å². The number of aromatic nitrogens is 2. The number of hydrogen-bond donors (Lipinski definition) is 2. The summed E-state index contributed by atoms with van der Waals surface area (Å²) < 4.78 is 1.54. The van der Waals surface area contributed by atoms with E-state index in [9.17, 15) is 14.7 Å². The van der Waals surface area contributed by atoms with Crippen LogP contribution in [0.25, 0.3) is 0 Å². The van der Waals surface area contributed by atoms with E-state index in [-0.39, 0.29) is 17.1 Å². The van der Waals surface area contributed by atoms with Gasteiger partial charge in [-0.25, -0.2) is 9.48 Å². The van der Waals surface area contributed by atoms with Gasteiger partial charge < -0.3 is 10.4 Å². The third-order valence-electron chi connectivity index (χ3n) is 4.35. The van der Waals surface area contributed by atoms with Crippen molar-refractivity contribution in [3.05, 3.63) is 88.2 Å². The van der Waals surface area contributed by atoms with Crippen LogP contribution < -0.4 is 5.32 Å². The summed E-state index contributed by atoms with van der Waals surface area (Å²) in [5.74, 6) is -1.66. The second-order valence-corrected chi connectivity index (χ2v) is 6.81. The summed E-state index contributed by atoms with van der Waals surface area (Å²) in [6, 6.07) is 17.7. The van der Waals surface area contributed by atoms with Crippen LogP contribution in [-0.4, -0.2) is 32.8 Å². The highest BCUT2D eigenvalue weighted by molar-refractivity contribution is 6.33. The zero-order valence-electron chi connectivity index (χ0n) is 15.3. The number of carboxylic acid groups (broad SMARTS) is 1. The van der Waals surface area contributed by atoms with Crippen molar-refractivity contribution in [1.29, 1.82) is 0 Å². The Kier molecular flexibility index (Phi) is 6.11. The number of aryl methyl sites for hydroxylation is 1. The predicted octanol–water partition coefficient (Wildman–Crippen LogP) is 3.32. The summed E-state index contributed by atoms with van der Waals surface area (Å²) in [7, 11) is 0. The van der Waals surface area contributed by atoms with Crippen LogP contribution in [-0.2, 0) is 17.8 Å². The minimum Gasteiger partial charge on any atom is -0.480 e. The molecule has 0 aliphatic heterocycles. The van der Waals surface area contributed by atoms with Gasteiger partial charge in [0.1, 0.15) is 11.2 Å². The second kappa shape index (κ2) is 8.71. The number of hydrogen-bond acceptors (Lipinski definition) is 3. The lowest BCUT2D eigenvalue weighted by Gasteiger charge is -2.14. The van der Waals surface area contributed by atoms with Gasteiger partial charge in [0.25, 0.3) is 5.91 Å². The molecule has 1 amide bonds. The van der Waals surface area contributed by atoms with Crippen LogP contribution in [0.3, 0.4) is 0 Å². The molecular formula is C21H20ClN3O3. The summed E-state index contributed by atoms with van der Waals surface area (Å²) in [6.45, 7) is 2.09. The quantitative estimate of drug-likeness (QED) is 0.640. The van der Waals surface area contributed by atoms with Gasteiger partial charge in [-0.15, -0.1) is 0 Å². The molecule has 0 unspecified atom stereocenters. The number of aliphatic carboxylic acids is 1. The lowest BCUT2D eigenvalue weighted by atomic mass is 10.1. The Balaban J connectivity index is 1.78. The molecule has 0 spiro atoms. The zero-order valence-corrected chi connectivity index (χ0v) is 16.1. The van der Waals surface area contributed by atoms with Gasteiger partial charge in [0.2, 0.25) is 0 Å². The van der Waals surface area contributed by atoms with E-state index in [2.05, 4.69) is 10.4 Å². The molecule has 0 aliphatic carbocycles. The van der Waals surface area contributed by atoms with Crippen molar-refractivity contribution in [3.8, 4) is 0 Å². The zero-order chi connectivity index (χ0) is 20.1. The Morgan fingerprint density at radius 2 is 1.64 bits per heavy atom. The minimum absolute atomic E-state index is 0.177. The molecule has 0 radical (unpaired) electrons. The van der Waals surface area contributed by atoms with Gasteiger partial charge in [0.15, 0.2) is 0 Å². The molecule has 2 aromatic carbocycles. The van der Waals surface area contributed by atoms with Crippen molar-refractivity contribution in [2.45, 2.75) is 25.9 Å². The van der Waals surface area contributed by atoms with Crippen LogP contribution in [0.4, 0.5) is 0 Å². The molecule has 0 saturated carbocycles. The first-order chi connectivity index (χ1) is 13.5. The van der Waals surface area contributed by atoms with E-state index in [1.165, 1.54) is 4.68 Å². The summed E-state index contributed by atoms with van der Waals surface area (Å²) in [5.41, 5.74) is 2.45. The molecule has 3 aromatic rings. The molecule has 7 heteroatoms. The van der Waals surface area contributed by atoms with E-state index < -0.39 is 17.9 Å². The molecule has 1 heterocycles. The molecule has 0 bridgehead atoms. The number of nitrogens with zero attached hydrogens (tertiary/aromatic N) is 2. The number of nitrogens with one attached hydrogen (secondary N) is 1. The van der Waals surface area contributed by atoms with Crippen molar-refractivity contribution in [2.24, 2.45) is 0 Å². The van der Waals surface area contributed by atoms with E-state index >= 15 is 0 Å². The average molecular weight is 398 g/mol. The third-order valence-corrected chi connectivity index (χ3v) is 4.74. The van der Waals surface area contributed by atoms with Crippen molar-refractivity contribution in [2.75, 3.05) is 0 Å². The first kappa shape index (κ1) is 19.6. The van der Waals surface area contributed by atoms with Crippen LogP contribution in [0.5, 0.6) is 0 Å². The largest absolute Gasteiger partial charge is 0.480 e. The normalized spacial score (nSPS) is 11.8. The summed E-state index contributed by atoms with van der Waals surface area (Å²) >= 11 is 6.39. The monoisotopic (exact) mass is 397 g/mol. The molecule has 0 saturated heterocycles. The molecule has 1 aromatic heterocycles. The number of rotatable bonds is 7. The smallest absolute Gasteiger partial charge is 0.326 e. The van der Waals surface area contributed by atoms with Crippen LogP contribution >= 0.6 is 11.6 Å². The number of amides is 1. The highest BCUT2D eigenvalue weighted by Gasteiger charge is 2.26. The molecule has 6 nitrogen and oxygen atoms in total. The molecule has 2 N–H and O–H groups in total. The Hall–Kier alpha value is -3.12. The van der Waals surface area contributed by atoms with Gasteiger partial charge in [0, 0.05) is 6.42 Å². The van der Waals surface area contributed by atoms with Crippen LogP contribution in [0.15, 0.2) is 60.7 Å². The number of carbonyl (C=O) groups is 2. The van der Waals surface area contributed by atoms with Gasteiger partial charge in [-0.1, -0.05) is 72.3 Å². The number of carbonyl (C=O) groups excluding carboxylic acids is 1. The van der Waals surface area contributed by atoms with E-state index in [1.807, 2.05) is 60.7 Å². The summed E-state index contributed by atoms with van der Waals surface area (Å²) in [6.07, 6.45) is 0.177. The maximum atomic E-state index is 12.7. The fraction of sp³-hybridized carbons (Fsp3) is 0.190. The first-order valence-corrected chi connectivity index (χ1v) is 9.18. The fourth-order valence-electron chi connectivity index (χ4n) is 2.95. The topological polar surface area (TPSA) is 84.2 Å². The van der Waals surface area contributed by atoms with Crippen molar-refractivity contribution in [3.63, 3.8) is 0 Å². The maximum Gasteiger partial charge on any atom is 0.326 e. The first-order valence-electron chi connectivity index (χ1n) is 8.80. The van der Waals surface area contributed by atoms with Gasteiger partial charge in [-0.05, 0) is 18.1 Å². The molecule has 28 heavy (non-hydrogen) atoms. The standard InChI is InChI=1S/C21H20ClN3O3/c1-14-18(19(22)25(24-14)13-16-10-6-3-7-11-16)20(26)23-17(21(27)28)12-15-8-4-2-5-9-15/h2-11,17H,12-13H2,1H3,(H,23,26)(H,27,28)/t17-/m0/s1. The summed E-state index contributed by atoms with van der Waals surface area (Å²) in [4.78, 5) is 24.4. The molecule has 0 aliphatic rings. The van der Waals surface area contributed by atoms with Crippen LogP contribution in [0, 0.1) is 6.92 Å². The van der Waals surface area contributed by atoms with Crippen LogP contribution in [0.1, 0.15) is 27.2 Å². The van der Waals surface area contributed by atoms with Crippen LogP contribution in [0.2, 0.25) is 5.15 Å². The molecule has 0 fully saturated rings. The molecular weight excluding hydrogens is 378 g/mol. The molecule has 3 rings (SSSR count). The average Bonchev–Trinajstić information content (AvgIpc) is 2.96. The maximum absolute atomic E-state index is 12.7. The van der Waals surface area contributed by atoms with E-state index in [4.69, 9.17) is 11.6 Å². The second-order valence-electron chi connectivity index (χ2n) is 6.45. The third kappa shape index (κ3) is 4.58. The van der Waals surface area contributed by atoms with Gasteiger partial charge in [0.05, 0.1) is 17.8 Å². The van der Waals surface area contributed by atoms with Gasteiger partial charge in [-0.3, -0.25) is 4.79 Å². The van der Waals surface area contributed by atoms with Crippen molar-refractivity contribution in [1.82, 2.24) is 15.1 Å². The molecule has 1 atom stereocenters. The lowest BCUT2D eigenvalue weighted by Crippen LogP contribution is -2.42. The number of benzene rings is 2. The van der Waals surface area contributed by atoms with Gasteiger partial charge in [-0.2, -0.15) is 5.10 Å². The van der Waals surface area contributed by atoms with Crippen molar-refractivity contribution >= 4 is 23.5 Å². The Morgan fingerprint density at radius 1 is 1.07 bits per heavy atom. The van der Waals surface area contributed by atoms with E-state index in [0.717, 1.165) is 11.1 Å². The highest BCUT2D eigenvalue weighted by atomic mass is 35.5. The predicted molar refractivity (Wildman–Crippen MR) is 107 cm³/mol. The SMILES string of the molecule is Cc1nn(Cc2ccccc2)c(Cl)c1C(=O)N[C@@H](Cc1ccccc1)C(=O)O. The minimum atomic E-state index is -1.11. The summed E-state index contributed by atoms with van der Waals surface area (Å²) in [5, 5.41) is 16.6. The number of carboxylic acids is 1. The molecule has 144 valence electrons. The fourth-order valence-corrected chi connectivity index (χ4v) is 3.27. The number of halogens is 1. The van der Waals surface area contributed by atoms with E-state index in [1.54, 1.807) is 6.92 Å². The van der Waals surface area contributed by atoms with Gasteiger partial charge >= 0.3 is 5.97 Å².